The average Bonchev–Trinajstić information content (AvgIpc) is 3.48. The molecule has 2 aromatic heterocycles. The van der Waals surface area contributed by atoms with Gasteiger partial charge >= 0.3 is 5.97 Å². The predicted molar refractivity (Wildman–Crippen MR) is 144 cm³/mol. The van der Waals surface area contributed by atoms with Gasteiger partial charge in [0.05, 0.1) is 41.7 Å². The second-order valence-corrected chi connectivity index (χ2v) is 10.3. The highest BCUT2D eigenvalue weighted by Crippen LogP contribution is 2.36. The maximum absolute atomic E-state index is 13.9. The van der Waals surface area contributed by atoms with Crippen LogP contribution >= 0.6 is 11.3 Å². The number of rotatable bonds is 7. The largest absolute Gasteiger partial charge is 0.491 e. The number of fused-ring (bicyclic) bond motifs is 1. The lowest BCUT2D eigenvalue weighted by molar-refractivity contribution is -0.139. The van der Waals surface area contributed by atoms with Crippen LogP contribution in [-0.4, -0.2) is 49.6 Å². The van der Waals surface area contributed by atoms with Gasteiger partial charge in [-0.1, -0.05) is 29.5 Å². The van der Waals surface area contributed by atoms with Crippen LogP contribution in [-0.2, 0) is 14.3 Å². The van der Waals surface area contributed by atoms with Crippen molar-refractivity contribution in [2.24, 2.45) is 4.99 Å². The number of allylic oxidation sites excluding steroid dienone is 1. The molecule has 0 amide bonds. The number of carbonyl (C=O) groups excluding carboxylic acids is 1. The van der Waals surface area contributed by atoms with E-state index < -0.39 is 12.0 Å². The molecule has 1 fully saturated rings. The SMILES string of the molecule is CCOC(=O)C1=C(C)N=c2sc(=Cc3ccc(N4CCOCC4)o3)c(=O)n2[C@@H]1c1ccccc1OC(C)C. The summed E-state index contributed by atoms with van der Waals surface area (Å²) < 4.78 is 25.0. The normalized spacial score (nSPS) is 18.0. The van der Waals surface area contributed by atoms with Crippen LogP contribution in [0.15, 0.2) is 61.9 Å². The highest BCUT2D eigenvalue weighted by molar-refractivity contribution is 7.07. The Labute approximate surface area is 224 Å². The quantitative estimate of drug-likeness (QED) is 0.428. The molecule has 0 unspecified atom stereocenters. The van der Waals surface area contributed by atoms with Crippen LogP contribution in [0.5, 0.6) is 5.75 Å². The van der Waals surface area contributed by atoms with E-state index in [1.165, 1.54) is 11.3 Å². The number of esters is 1. The Kier molecular flexibility index (Phi) is 7.53. The molecule has 2 aliphatic heterocycles. The van der Waals surface area contributed by atoms with Crippen molar-refractivity contribution in [1.82, 2.24) is 4.57 Å². The minimum atomic E-state index is -0.747. The van der Waals surface area contributed by atoms with Gasteiger partial charge in [-0.25, -0.2) is 9.79 Å². The first-order valence-electron chi connectivity index (χ1n) is 12.7. The minimum Gasteiger partial charge on any atom is -0.491 e. The molecule has 0 aliphatic carbocycles. The summed E-state index contributed by atoms with van der Waals surface area (Å²) in [5.74, 6) is 1.40. The highest BCUT2D eigenvalue weighted by atomic mass is 32.1. The van der Waals surface area contributed by atoms with Crippen molar-refractivity contribution in [3.63, 3.8) is 0 Å². The Balaban J connectivity index is 1.64. The first-order valence-corrected chi connectivity index (χ1v) is 13.6. The van der Waals surface area contributed by atoms with Gasteiger partial charge in [-0.2, -0.15) is 0 Å². The molecule has 1 saturated heterocycles. The van der Waals surface area contributed by atoms with Gasteiger partial charge in [-0.15, -0.1) is 0 Å². The van der Waals surface area contributed by atoms with Crippen molar-refractivity contribution in [3.8, 4) is 5.75 Å². The molecule has 0 bridgehead atoms. The topological polar surface area (TPSA) is 95.5 Å². The van der Waals surface area contributed by atoms with Crippen LogP contribution in [0, 0.1) is 0 Å². The molecule has 200 valence electrons. The fraction of sp³-hybridized carbons (Fsp3) is 0.393. The van der Waals surface area contributed by atoms with Crippen molar-refractivity contribution in [2.45, 2.75) is 39.8 Å². The summed E-state index contributed by atoms with van der Waals surface area (Å²) in [6.07, 6.45) is 1.63. The summed E-state index contributed by atoms with van der Waals surface area (Å²) in [6.45, 7) is 10.4. The Morgan fingerprint density at radius 3 is 2.71 bits per heavy atom. The van der Waals surface area contributed by atoms with Crippen LogP contribution in [0.3, 0.4) is 0 Å². The van der Waals surface area contributed by atoms with E-state index in [0.717, 1.165) is 19.0 Å². The summed E-state index contributed by atoms with van der Waals surface area (Å²) in [5, 5.41) is 0. The van der Waals surface area contributed by atoms with Crippen molar-refractivity contribution in [2.75, 3.05) is 37.8 Å². The van der Waals surface area contributed by atoms with Gasteiger partial charge in [0.2, 0.25) is 0 Å². The van der Waals surface area contributed by atoms with Crippen LogP contribution < -0.4 is 24.5 Å². The van der Waals surface area contributed by atoms with E-state index in [1.54, 1.807) is 24.5 Å². The van der Waals surface area contributed by atoms with E-state index in [9.17, 15) is 9.59 Å². The second-order valence-electron chi connectivity index (χ2n) is 9.28. The summed E-state index contributed by atoms with van der Waals surface area (Å²) in [4.78, 5) is 34.3. The molecule has 0 saturated carbocycles. The molecule has 2 aliphatic rings. The smallest absolute Gasteiger partial charge is 0.338 e. The Bertz CT molecular complexity index is 1540. The first-order chi connectivity index (χ1) is 18.4. The third-order valence-electron chi connectivity index (χ3n) is 6.30. The third kappa shape index (κ3) is 5.06. The number of ether oxygens (including phenoxy) is 3. The molecule has 3 aromatic rings. The molecule has 0 N–H and O–H groups in total. The van der Waals surface area contributed by atoms with E-state index in [2.05, 4.69) is 9.89 Å². The van der Waals surface area contributed by atoms with Crippen molar-refractivity contribution in [1.29, 1.82) is 0 Å². The van der Waals surface area contributed by atoms with Crippen LogP contribution in [0.1, 0.15) is 45.1 Å². The number of anilines is 1. The van der Waals surface area contributed by atoms with Gasteiger partial charge < -0.3 is 23.5 Å². The second kappa shape index (κ2) is 11.0. The maximum atomic E-state index is 13.9. The van der Waals surface area contributed by atoms with E-state index in [-0.39, 0.29) is 18.3 Å². The minimum absolute atomic E-state index is 0.0947. The number of benzene rings is 1. The van der Waals surface area contributed by atoms with Gasteiger partial charge in [-0.05, 0) is 39.8 Å². The maximum Gasteiger partial charge on any atom is 0.338 e. The third-order valence-corrected chi connectivity index (χ3v) is 7.28. The van der Waals surface area contributed by atoms with Gasteiger partial charge in [0.25, 0.3) is 5.56 Å². The molecule has 9 nitrogen and oxygen atoms in total. The fourth-order valence-electron chi connectivity index (χ4n) is 4.66. The van der Waals surface area contributed by atoms with Gasteiger partial charge in [0.15, 0.2) is 10.7 Å². The van der Waals surface area contributed by atoms with E-state index in [1.807, 2.05) is 50.2 Å². The monoisotopic (exact) mass is 537 g/mol. The number of thiazole rings is 1. The number of para-hydroxylation sites is 1. The van der Waals surface area contributed by atoms with Gasteiger partial charge in [0, 0.05) is 30.8 Å². The molecule has 1 aromatic carbocycles. The van der Waals surface area contributed by atoms with E-state index in [4.69, 9.17) is 18.6 Å². The summed E-state index contributed by atoms with van der Waals surface area (Å²) >= 11 is 1.26. The predicted octanol–water partition coefficient (Wildman–Crippen LogP) is 3.02. The summed E-state index contributed by atoms with van der Waals surface area (Å²) in [6, 6.07) is 10.5. The standard InChI is InChI=1S/C28H31N3O6S/c1-5-35-27(33)24-18(4)29-28-31(25(24)20-8-6-7-9-21(20)36-17(2)3)26(32)22(38-28)16-19-10-11-23(37-19)30-12-14-34-15-13-30/h6-11,16-17,25H,5,12-15H2,1-4H3/t25-/m1/s1. The molecular weight excluding hydrogens is 506 g/mol. The number of hydrogen-bond acceptors (Lipinski definition) is 9. The summed E-state index contributed by atoms with van der Waals surface area (Å²) in [7, 11) is 0. The number of morpholine rings is 1. The molecule has 38 heavy (non-hydrogen) atoms. The zero-order valence-corrected chi connectivity index (χ0v) is 22.7. The molecular formula is C28H31N3O6S. The number of nitrogens with zero attached hydrogens (tertiary/aromatic N) is 3. The molecule has 0 radical (unpaired) electrons. The number of hydrogen-bond donors (Lipinski definition) is 0. The van der Waals surface area contributed by atoms with Crippen molar-refractivity contribution in [3.05, 3.63) is 78.7 Å². The van der Waals surface area contributed by atoms with Gasteiger partial charge in [0.1, 0.15) is 17.6 Å². The Hall–Kier alpha value is -3.63. The zero-order valence-electron chi connectivity index (χ0n) is 21.9. The number of furan rings is 1. The first kappa shape index (κ1) is 26.0. The van der Waals surface area contributed by atoms with Crippen LogP contribution in [0.2, 0.25) is 0 Å². The zero-order chi connectivity index (χ0) is 26.8. The van der Waals surface area contributed by atoms with E-state index in [0.29, 0.717) is 50.9 Å². The Morgan fingerprint density at radius 1 is 1.21 bits per heavy atom. The van der Waals surface area contributed by atoms with E-state index >= 15 is 0 Å². The Morgan fingerprint density at radius 2 is 1.97 bits per heavy atom. The lowest BCUT2D eigenvalue weighted by Gasteiger charge is -2.26. The molecule has 1 atom stereocenters. The van der Waals surface area contributed by atoms with Crippen LogP contribution in [0.25, 0.3) is 6.08 Å². The molecule has 4 heterocycles. The molecule has 10 heteroatoms. The lowest BCUT2D eigenvalue weighted by Crippen LogP contribution is -2.40. The lowest BCUT2D eigenvalue weighted by atomic mass is 9.95. The number of aromatic nitrogens is 1. The average molecular weight is 538 g/mol. The number of carbonyl (C=O) groups is 1. The van der Waals surface area contributed by atoms with Gasteiger partial charge in [-0.3, -0.25) is 9.36 Å². The molecule has 0 spiro atoms. The highest BCUT2D eigenvalue weighted by Gasteiger charge is 2.35. The van der Waals surface area contributed by atoms with Crippen molar-refractivity contribution < 1.29 is 23.4 Å². The summed E-state index contributed by atoms with van der Waals surface area (Å²) in [5.41, 5.74) is 1.25. The van der Waals surface area contributed by atoms with Crippen LogP contribution in [0.4, 0.5) is 5.88 Å². The fourth-order valence-corrected chi connectivity index (χ4v) is 5.68. The van der Waals surface area contributed by atoms with Crippen molar-refractivity contribution >= 4 is 29.3 Å². The molecule has 5 rings (SSSR count).